The number of pyridine rings is 1. The summed E-state index contributed by atoms with van der Waals surface area (Å²) < 4.78 is 47.6. The molecule has 5 rings (SSSR count). The van der Waals surface area contributed by atoms with Gasteiger partial charge in [0.25, 0.3) is 0 Å². The lowest BCUT2D eigenvalue weighted by molar-refractivity contribution is -0.136. The number of hydrogen-bond donors (Lipinski definition) is 0. The highest BCUT2D eigenvalue weighted by Gasteiger charge is 2.33. The van der Waals surface area contributed by atoms with Crippen molar-refractivity contribution in [2.75, 3.05) is 0 Å². The summed E-state index contributed by atoms with van der Waals surface area (Å²) in [7, 11) is 0. The zero-order valence-electron chi connectivity index (χ0n) is 19.7. The molecule has 180 valence electrons. The van der Waals surface area contributed by atoms with E-state index in [2.05, 4.69) is 11.9 Å². The van der Waals surface area contributed by atoms with Gasteiger partial charge in [-0.1, -0.05) is 85.8 Å². The fourth-order valence-corrected chi connectivity index (χ4v) is 4.54. The number of para-hydroxylation sites is 1. The van der Waals surface area contributed by atoms with Crippen molar-refractivity contribution >= 4 is 10.9 Å². The van der Waals surface area contributed by atoms with Crippen molar-refractivity contribution in [2.24, 2.45) is 0 Å². The number of ether oxygens (including phenoxy) is 1. The number of benzene rings is 4. The van der Waals surface area contributed by atoms with Crippen LogP contribution in [0.5, 0.6) is 5.75 Å². The van der Waals surface area contributed by atoms with E-state index >= 15 is 0 Å². The molecule has 4 aromatic carbocycles. The number of hydrogen-bond acceptors (Lipinski definition) is 2. The van der Waals surface area contributed by atoms with Crippen molar-refractivity contribution in [3.8, 4) is 28.0 Å². The molecular formula is C31H24F3NO. The van der Waals surface area contributed by atoms with E-state index in [4.69, 9.17) is 4.74 Å². The van der Waals surface area contributed by atoms with Crippen molar-refractivity contribution in [3.63, 3.8) is 0 Å². The Morgan fingerprint density at radius 1 is 0.778 bits per heavy atom. The minimum absolute atomic E-state index is 0.0617. The highest BCUT2D eigenvalue weighted by molar-refractivity contribution is 6.03. The van der Waals surface area contributed by atoms with Crippen LogP contribution >= 0.6 is 0 Å². The van der Waals surface area contributed by atoms with Crippen LogP contribution in [0.3, 0.4) is 0 Å². The van der Waals surface area contributed by atoms with Crippen LogP contribution in [-0.4, -0.2) is 4.98 Å². The molecule has 0 aliphatic carbocycles. The molecule has 36 heavy (non-hydrogen) atoms. The molecule has 0 fully saturated rings. The average molecular weight is 484 g/mol. The molecule has 0 saturated carbocycles. The summed E-state index contributed by atoms with van der Waals surface area (Å²) in [6.07, 6.45) is -2.15. The topological polar surface area (TPSA) is 22.1 Å². The molecule has 0 amide bonds. The first kappa shape index (κ1) is 23.6. The third kappa shape index (κ3) is 4.69. The van der Waals surface area contributed by atoms with Gasteiger partial charge in [0, 0.05) is 22.7 Å². The molecule has 0 saturated heterocycles. The number of halogens is 3. The highest BCUT2D eigenvalue weighted by Crippen LogP contribution is 2.42. The maximum absolute atomic E-state index is 13.9. The first-order valence-electron chi connectivity index (χ1n) is 11.8. The minimum Gasteiger partial charge on any atom is -0.489 e. The number of fused-ring (bicyclic) bond motifs is 1. The van der Waals surface area contributed by atoms with Crippen molar-refractivity contribution in [3.05, 3.63) is 120 Å². The molecule has 0 unspecified atom stereocenters. The van der Waals surface area contributed by atoms with Crippen LogP contribution in [0.1, 0.15) is 23.6 Å². The fraction of sp³-hybridized carbons (Fsp3) is 0.129. The standard InChI is InChI=1S/C31H24F3NO/c1-2-22-12-6-7-15-25(22)27-19-35-30-26(16-9-17-28(30)31(32,33)34)29(27)23-13-8-14-24(18-23)36-20-21-10-4-3-5-11-21/h3-19H,2,20H2,1H3. The third-order valence-corrected chi connectivity index (χ3v) is 6.26. The van der Waals surface area contributed by atoms with Crippen LogP contribution in [0.2, 0.25) is 0 Å². The Balaban J connectivity index is 1.70. The van der Waals surface area contributed by atoms with Crippen LogP contribution in [0.4, 0.5) is 13.2 Å². The summed E-state index contributed by atoms with van der Waals surface area (Å²) in [5.41, 5.74) is 4.55. The summed E-state index contributed by atoms with van der Waals surface area (Å²) in [6, 6.07) is 29.5. The van der Waals surface area contributed by atoms with Crippen molar-refractivity contribution in [2.45, 2.75) is 26.1 Å². The number of aryl methyl sites for hydroxylation is 1. The summed E-state index contributed by atoms with van der Waals surface area (Å²) in [5, 5.41) is 0.452. The second-order valence-electron chi connectivity index (χ2n) is 8.56. The normalized spacial score (nSPS) is 11.6. The predicted octanol–water partition coefficient (Wildman–Crippen LogP) is 8.73. The van der Waals surface area contributed by atoms with Crippen molar-refractivity contribution in [1.29, 1.82) is 0 Å². The van der Waals surface area contributed by atoms with Gasteiger partial charge < -0.3 is 4.74 Å². The van der Waals surface area contributed by atoms with Crippen LogP contribution in [0.25, 0.3) is 33.2 Å². The predicted molar refractivity (Wildman–Crippen MR) is 138 cm³/mol. The second-order valence-corrected chi connectivity index (χ2v) is 8.56. The SMILES string of the molecule is CCc1ccccc1-c1cnc2c(C(F)(F)F)cccc2c1-c1cccc(OCc2ccccc2)c1. The zero-order chi connectivity index (χ0) is 25.1. The van der Waals surface area contributed by atoms with Gasteiger partial charge in [-0.3, -0.25) is 4.98 Å². The van der Waals surface area contributed by atoms with Gasteiger partial charge in [0.05, 0.1) is 11.1 Å². The van der Waals surface area contributed by atoms with Crippen LogP contribution < -0.4 is 4.74 Å². The molecule has 0 radical (unpaired) electrons. The third-order valence-electron chi connectivity index (χ3n) is 6.26. The summed E-state index contributed by atoms with van der Waals surface area (Å²) in [6.45, 7) is 2.46. The molecule has 0 bridgehead atoms. The second kappa shape index (κ2) is 9.86. The maximum atomic E-state index is 13.9. The summed E-state index contributed by atoms with van der Waals surface area (Å²) >= 11 is 0. The van der Waals surface area contributed by atoms with E-state index in [9.17, 15) is 13.2 Å². The van der Waals surface area contributed by atoms with Crippen molar-refractivity contribution in [1.82, 2.24) is 4.98 Å². The lowest BCUT2D eigenvalue weighted by atomic mass is 9.89. The van der Waals surface area contributed by atoms with Crippen molar-refractivity contribution < 1.29 is 17.9 Å². The molecule has 1 aromatic heterocycles. The number of aromatic nitrogens is 1. The Morgan fingerprint density at radius 2 is 1.53 bits per heavy atom. The molecule has 1 heterocycles. The molecule has 2 nitrogen and oxygen atoms in total. The van der Waals surface area contributed by atoms with E-state index in [0.29, 0.717) is 23.3 Å². The van der Waals surface area contributed by atoms with Gasteiger partial charge in [-0.2, -0.15) is 13.2 Å². The Kier molecular flexibility index (Phi) is 6.47. The lowest BCUT2D eigenvalue weighted by Gasteiger charge is -2.18. The van der Waals surface area contributed by atoms with E-state index in [1.807, 2.05) is 78.9 Å². The molecule has 5 heteroatoms. The molecule has 0 aliphatic rings. The van der Waals surface area contributed by atoms with Gasteiger partial charge in [-0.15, -0.1) is 0 Å². The molecular weight excluding hydrogens is 459 g/mol. The Hall–Kier alpha value is -4.12. The molecule has 0 N–H and O–H groups in total. The molecule has 5 aromatic rings. The van der Waals surface area contributed by atoms with Gasteiger partial charge in [0.2, 0.25) is 0 Å². The minimum atomic E-state index is -4.51. The first-order chi connectivity index (χ1) is 17.5. The molecule has 0 atom stereocenters. The smallest absolute Gasteiger partial charge is 0.418 e. The monoisotopic (exact) mass is 483 g/mol. The lowest BCUT2D eigenvalue weighted by Crippen LogP contribution is -2.07. The average Bonchev–Trinajstić information content (AvgIpc) is 2.91. The highest BCUT2D eigenvalue weighted by atomic mass is 19.4. The van der Waals surface area contributed by atoms with Crippen LogP contribution in [0, 0.1) is 0 Å². The fourth-order valence-electron chi connectivity index (χ4n) is 4.54. The number of alkyl halides is 3. The maximum Gasteiger partial charge on any atom is 0.418 e. The number of rotatable bonds is 6. The van der Waals surface area contributed by atoms with Gasteiger partial charge in [-0.05, 0) is 46.9 Å². The van der Waals surface area contributed by atoms with Gasteiger partial charge in [-0.25, -0.2) is 0 Å². The van der Waals surface area contributed by atoms with Gasteiger partial charge in [0.15, 0.2) is 0 Å². The largest absolute Gasteiger partial charge is 0.489 e. The van der Waals surface area contributed by atoms with E-state index < -0.39 is 11.7 Å². The Labute approximate surface area is 208 Å². The van der Waals surface area contributed by atoms with E-state index in [1.165, 1.54) is 6.07 Å². The van der Waals surface area contributed by atoms with E-state index in [-0.39, 0.29) is 5.52 Å². The van der Waals surface area contributed by atoms with Gasteiger partial charge >= 0.3 is 6.18 Å². The summed E-state index contributed by atoms with van der Waals surface area (Å²) in [4.78, 5) is 4.33. The summed E-state index contributed by atoms with van der Waals surface area (Å²) in [5.74, 6) is 0.642. The van der Waals surface area contributed by atoms with Crippen LogP contribution in [0.15, 0.2) is 103 Å². The van der Waals surface area contributed by atoms with E-state index in [1.54, 1.807) is 12.3 Å². The first-order valence-corrected chi connectivity index (χ1v) is 11.8. The molecule has 0 aliphatic heterocycles. The quantitative estimate of drug-likeness (QED) is 0.241. The molecule has 0 spiro atoms. The van der Waals surface area contributed by atoms with Crippen LogP contribution in [-0.2, 0) is 19.2 Å². The van der Waals surface area contributed by atoms with E-state index in [0.717, 1.165) is 40.3 Å². The Bertz CT molecular complexity index is 1510. The number of nitrogens with zero attached hydrogens (tertiary/aromatic N) is 1. The Morgan fingerprint density at radius 3 is 2.31 bits per heavy atom. The zero-order valence-corrected chi connectivity index (χ0v) is 19.7. The van der Waals surface area contributed by atoms with Gasteiger partial charge in [0.1, 0.15) is 12.4 Å².